The van der Waals surface area contributed by atoms with E-state index in [2.05, 4.69) is 12.1 Å². The van der Waals surface area contributed by atoms with Crippen molar-refractivity contribution < 1.29 is 9.53 Å². The average molecular weight is 383 g/mol. The summed E-state index contributed by atoms with van der Waals surface area (Å²) in [6.45, 7) is 3.22. The quantitative estimate of drug-likeness (QED) is 0.651. The molecule has 2 heterocycles. The molecule has 0 atom stereocenters. The lowest BCUT2D eigenvalue weighted by Gasteiger charge is -2.29. The minimum absolute atomic E-state index is 0.295. The zero-order chi connectivity index (χ0) is 20.2. The molecule has 1 amide bonds. The highest BCUT2D eigenvalue weighted by Gasteiger charge is 2.26. The van der Waals surface area contributed by atoms with E-state index >= 15 is 0 Å². The topological polar surface area (TPSA) is 66.2 Å². The van der Waals surface area contributed by atoms with E-state index in [0.29, 0.717) is 31.7 Å². The van der Waals surface area contributed by atoms with Gasteiger partial charge in [0.1, 0.15) is 0 Å². The van der Waals surface area contributed by atoms with Gasteiger partial charge in [-0.05, 0) is 36.2 Å². The zero-order valence-corrected chi connectivity index (χ0v) is 16.3. The van der Waals surface area contributed by atoms with E-state index in [1.807, 2.05) is 61.5 Å². The predicted molar refractivity (Wildman–Crippen MR) is 111 cm³/mol. The smallest absolute Gasteiger partial charge is 0.410 e. The van der Waals surface area contributed by atoms with E-state index in [1.165, 1.54) is 0 Å². The van der Waals surface area contributed by atoms with Gasteiger partial charge in [0.15, 0.2) is 0 Å². The number of nitriles is 1. The van der Waals surface area contributed by atoms with Gasteiger partial charge < -0.3 is 9.64 Å². The highest BCUT2D eigenvalue weighted by atomic mass is 16.6. The lowest BCUT2D eigenvalue weighted by molar-refractivity contribution is 0.102. The Morgan fingerprint density at radius 3 is 2.59 bits per heavy atom. The van der Waals surface area contributed by atoms with Crippen molar-refractivity contribution in [3.63, 3.8) is 0 Å². The van der Waals surface area contributed by atoms with Crippen molar-refractivity contribution in [2.24, 2.45) is 0 Å². The predicted octanol–water partition coefficient (Wildman–Crippen LogP) is 4.80. The molecule has 0 spiro atoms. The Labute approximate surface area is 170 Å². The number of nitrogens with zero attached hydrogens (tertiary/aromatic N) is 3. The highest BCUT2D eigenvalue weighted by Crippen LogP contribution is 2.33. The molecular formula is C24H21N3O2. The molecule has 0 aliphatic carbocycles. The summed E-state index contributed by atoms with van der Waals surface area (Å²) in [5, 5.41) is 9.11. The molecule has 0 bridgehead atoms. The number of ether oxygens (including phenoxy) is 1. The Kier molecular flexibility index (Phi) is 5.26. The van der Waals surface area contributed by atoms with Gasteiger partial charge >= 0.3 is 6.09 Å². The van der Waals surface area contributed by atoms with Crippen LogP contribution in [0.1, 0.15) is 23.7 Å². The minimum Gasteiger partial charge on any atom is -0.450 e. The monoisotopic (exact) mass is 383 g/mol. The van der Waals surface area contributed by atoms with Crippen LogP contribution in [-0.2, 0) is 17.7 Å². The lowest BCUT2D eigenvalue weighted by Crippen LogP contribution is -2.37. The first-order chi connectivity index (χ1) is 14.2. The minimum atomic E-state index is -0.295. The first-order valence-electron chi connectivity index (χ1n) is 9.70. The molecule has 5 heteroatoms. The normalized spacial score (nSPS) is 12.8. The average Bonchev–Trinajstić information content (AvgIpc) is 2.79. The molecule has 2 aromatic carbocycles. The molecular weight excluding hydrogens is 362 g/mol. The van der Waals surface area contributed by atoms with Crippen molar-refractivity contribution in [2.75, 3.05) is 13.2 Å². The number of amides is 1. The number of hydrogen-bond acceptors (Lipinski definition) is 4. The van der Waals surface area contributed by atoms with Crippen LogP contribution >= 0.6 is 0 Å². The fraction of sp³-hybridized carbons (Fsp3) is 0.208. The van der Waals surface area contributed by atoms with Crippen LogP contribution in [0.4, 0.5) is 4.79 Å². The van der Waals surface area contributed by atoms with Crippen LogP contribution in [-0.4, -0.2) is 29.1 Å². The molecule has 1 aliphatic heterocycles. The van der Waals surface area contributed by atoms with Gasteiger partial charge in [0, 0.05) is 29.8 Å². The van der Waals surface area contributed by atoms with Crippen LogP contribution in [0.15, 0.2) is 60.7 Å². The molecule has 0 fully saturated rings. The van der Waals surface area contributed by atoms with Crippen molar-refractivity contribution in [3.05, 3.63) is 77.5 Å². The third-order valence-corrected chi connectivity index (χ3v) is 5.10. The van der Waals surface area contributed by atoms with E-state index in [9.17, 15) is 4.79 Å². The maximum absolute atomic E-state index is 12.3. The largest absolute Gasteiger partial charge is 0.450 e. The van der Waals surface area contributed by atoms with Gasteiger partial charge in [0.25, 0.3) is 0 Å². The molecule has 4 rings (SSSR count). The first kappa shape index (κ1) is 18.7. The molecule has 0 N–H and O–H groups in total. The second kappa shape index (κ2) is 8.15. The van der Waals surface area contributed by atoms with Crippen LogP contribution in [0.5, 0.6) is 0 Å². The molecule has 1 aromatic heterocycles. The van der Waals surface area contributed by atoms with Gasteiger partial charge in [-0.15, -0.1) is 0 Å². The number of hydrogen-bond donors (Lipinski definition) is 0. The fourth-order valence-electron chi connectivity index (χ4n) is 3.63. The van der Waals surface area contributed by atoms with E-state index in [4.69, 9.17) is 15.0 Å². The summed E-state index contributed by atoms with van der Waals surface area (Å²) in [6, 6.07) is 21.8. The molecule has 3 aromatic rings. The van der Waals surface area contributed by atoms with Crippen molar-refractivity contribution >= 4 is 6.09 Å². The van der Waals surface area contributed by atoms with Gasteiger partial charge in [0.2, 0.25) is 0 Å². The second-order valence-electron chi connectivity index (χ2n) is 6.91. The Bertz CT molecular complexity index is 1070. The number of carbonyl (C=O) groups excluding carboxylic acids is 1. The summed E-state index contributed by atoms with van der Waals surface area (Å²) >= 11 is 0. The van der Waals surface area contributed by atoms with Gasteiger partial charge in [-0.2, -0.15) is 5.26 Å². The Hall–Kier alpha value is -3.65. The van der Waals surface area contributed by atoms with E-state index < -0.39 is 0 Å². The number of aromatic nitrogens is 1. The number of carbonyl (C=O) groups is 1. The molecule has 0 saturated heterocycles. The standard InChI is InChI=1S/C24H21N3O2/c1-2-29-24(28)27-13-12-22-21(16-27)20(18-10-8-17(15-25)9-11-18)14-23(26-22)19-6-4-3-5-7-19/h3-11,14H,2,12-13,16H2,1H3. The number of fused-ring (bicyclic) bond motifs is 1. The van der Waals surface area contributed by atoms with Crippen LogP contribution in [0.3, 0.4) is 0 Å². The van der Waals surface area contributed by atoms with Crippen molar-refractivity contribution in [1.29, 1.82) is 5.26 Å². The Morgan fingerprint density at radius 2 is 1.90 bits per heavy atom. The Balaban J connectivity index is 1.82. The summed E-state index contributed by atoms with van der Waals surface area (Å²) in [6.07, 6.45) is 0.383. The summed E-state index contributed by atoms with van der Waals surface area (Å²) in [4.78, 5) is 18.9. The first-order valence-corrected chi connectivity index (χ1v) is 9.70. The number of rotatable bonds is 3. The highest BCUT2D eigenvalue weighted by molar-refractivity contribution is 5.76. The third-order valence-electron chi connectivity index (χ3n) is 5.10. The van der Waals surface area contributed by atoms with Crippen molar-refractivity contribution in [3.8, 4) is 28.5 Å². The maximum atomic E-state index is 12.3. The molecule has 5 nitrogen and oxygen atoms in total. The summed E-state index contributed by atoms with van der Waals surface area (Å²) in [5.41, 5.74) is 6.66. The van der Waals surface area contributed by atoms with Crippen LogP contribution < -0.4 is 0 Å². The maximum Gasteiger partial charge on any atom is 0.410 e. The van der Waals surface area contributed by atoms with Crippen LogP contribution in [0.25, 0.3) is 22.4 Å². The summed E-state index contributed by atoms with van der Waals surface area (Å²) in [5.74, 6) is 0. The number of benzene rings is 2. The van der Waals surface area contributed by atoms with Crippen molar-refractivity contribution in [1.82, 2.24) is 9.88 Å². The molecule has 1 aliphatic rings. The van der Waals surface area contributed by atoms with Crippen molar-refractivity contribution in [2.45, 2.75) is 19.9 Å². The van der Waals surface area contributed by atoms with Gasteiger partial charge in [-0.1, -0.05) is 42.5 Å². The third kappa shape index (κ3) is 3.83. The van der Waals surface area contributed by atoms with Crippen LogP contribution in [0, 0.1) is 11.3 Å². The fourth-order valence-corrected chi connectivity index (χ4v) is 3.63. The second-order valence-corrected chi connectivity index (χ2v) is 6.91. The molecule has 0 radical (unpaired) electrons. The van der Waals surface area contributed by atoms with Gasteiger partial charge in [-0.25, -0.2) is 4.79 Å². The summed E-state index contributed by atoms with van der Waals surface area (Å²) in [7, 11) is 0. The van der Waals surface area contributed by atoms with E-state index in [-0.39, 0.29) is 6.09 Å². The lowest BCUT2D eigenvalue weighted by atomic mass is 9.92. The zero-order valence-electron chi connectivity index (χ0n) is 16.3. The molecule has 144 valence electrons. The van der Waals surface area contributed by atoms with E-state index in [1.54, 1.807) is 4.90 Å². The molecule has 29 heavy (non-hydrogen) atoms. The van der Waals surface area contributed by atoms with Gasteiger partial charge in [0.05, 0.1) is 30.5 Å². The Morgan fingerprint density at radius 1 is 1.14 bits per heavy atom. The molecule has 0 saturated carbocycles. The van der Waals surface area contributed by atoms with Crippen LogP contribution in [0.2, 0.25) is 0 Å². The summed E-state index contributed by atoms with van der Waals surface area (Å²) < 4.78 is 5.20. The number of pyridine rings is 1. The van der Waals surface area contributed by atoms with E-state index in [0.717, 1.165) is 33.6 Å². The van der Waals surface area contributed by atoms with Gasteiger partial charge in [-0.3, -0.25) is 4.98 Å². The molecule has 0 unspecified atom stereocenters. The SMILES string of the molecule is CCOC(=O)N1CCc2nc(-c3ccccc3)cc(-c3ccc(C#N)cc3)c2C1.